The summed E-state index contributed by atoms with van der Waals surface area (Å²) in [5.41, 5.74) is 4.61. The first-order valence-corrected chi connectivity index (χ1v) is 10.1. The highest BCUT2D eigenvalue weighted by Gasteiger charge is 2.36. The Balaban J connectivity index is 1.64. The molecule has 0 spiro atoms. The molecule has 2 aromatic heterocycles. The second-order valence-corrected chi connectivity index (χ2v) is 8.22. The van der Waals surface area contributed by atoms with Crippen molar-refractivity contribution in [1.82, 2.24) is 24.2 Å². The summed E-state index contributed by atoms with van der Waals surface area (Å²) in [4.78, 5) is 7.49. The minimum Gasteiger partial charge on any atom is -0.325 e. The van der Waals surface area contributed by atoms with E-state index in [0.29, 0.717) is 12.1 Å². The zero-order valence-electron chi connectivity index (χ0n) is 16.1. The second-order valence-electron chi connectivity index (χ2n) is 8.22. The maximum absolute atomic E-state index is 4.88. The van der Waals surface area contributed by atoms with E-state index in [1.807, 2.05) is 10.9 Å². The molecule has 3 saturated heterocycles. The normalized spacial score (nSPS) is 24.6. The SMILES string of the molecule is CC(C)n1cc(-c2c(-c3ccccc3)ncn2[C@H]2CN3CCC2CC3)cn1. The Morgan fingerprint density at radius 2 is 1.81 bits per heavy atom. The molecule has 0 radical (unpaired) electrons. The molecule has 5 heteroatoms. The highest BCUT2D eigenvalue weighted by molar-refractivity contribution is 5.78. The van der Waals surface area contributed by atoms with Gasteiger partial charge in [0.2, 0.25) is 0 Å². The lowest BCUT2D eigenvalue weighted by atomic mass is 9.83. The third-order valence-electron chi connectivity index (χ3n) is 6.22. The average Bonchev–Trinajstić information content (AvgIpc) is 3.36. The van der Waals surface area contributed by atoms with Crippen LogP contribution in [0, 0.1) is 5.92 Å². The number of aromatic nitrogens is 4. The van der Waals surface area contributed by atoms with Crippen LogP contribution in [-0.2, 0) is 0 Å². The van der Waals surface area contributed by atoms with Crippen LogP contribution in [0.2, 0.25) is 0 Å². The third-order valence-corrected chi connectivity index (χ3v) is 6.22. The molecule has 3 fully saturated rings. The van der Waals surface area contributed by atoms with Crippen molar-refractivity contribution in [3.05, 3.63) is 49.1 Å². The number of fused-ring (bicyclic) bond motifs is 3. The van der Waals surface area contributed by atoms with Gasteiger partial charge in [0.1, 0.15) is 0 Å². The Kier molecular flexibility index (Phi) is 4.12. The average molecular weight is 361 g/mol. The minimum atomic E-state index is 0.354. The summed E-state index contributed by atoms with van der Waals surface area (Å²) in [7, 11) is 0. The minimum absolute atomic E-state index is 0.354. The van der Waals surface area contributed by atoms with Gasteiger partial charge in [0.15, 0.2) is 0 Å². The Morgan fingerprint density at radius 3 is 2.44 bits per heavy atom. The molecule has 1 aromatic carbocycles. The van der Waals surface area contributed by atoms with Crippen LogP contribution in [0.1, 0.15) is 38.8 Å². The predicted molar refractivity (Wildman–Crippen MR) is 107 cm³/mol. The van der Waals surface area contributed by atoms with E-state index < -0.39 is 0 Å². The standard InChI is InChI=1S/C22H27N5/c1-16(2)27-13-19(12-24-27)22-21(18-6-4-3-5-7-18)23-15-26(22)20-14-25-10-8-17(20)9-11-25/h3-7,12-13,15-17,20H,8-11,14H2,1-2H3/t20-/m0/s1. The van der Waals surface area contributed by atoms with Gasteiger partial charge in [0.05, 0.1) is 30.0 Å². The number of benzene rings is 1. The molecule has 1 atom stereocenters. The van der Waals surface area contributed by atoms with Crippen molar-refractivity contribution in [1.29, 1.82) is 0 Å². The first kappa shape index (κ1) is 16.8. The van der Waals surface area contributed by atoms with Crippen molar-refractivity contribution >= 4 is 0 Å². The molecule has 2 bridgehead atoms. The van der Waals surface area contributed by atoms with Crippen LogP contribution >= 0.6 is 0 Å². The van der Waals surface area contributed by atoms with Gasteiger partial charge >= 0.3 is 0 Å². The summed E-state index contributed by atoms with van der Waals surface area (Å²) in [6.45, 7) is 7.98. The smallest absolute Gasteiger partial charge is 0.0964 e. The van der Waals surface area contributed by atoms with E-state index in [1.165, 1.54) is 37.2 Å². The molecule has 140 valence electrons. The second kappa shape index (κ2) is 6.64. The molecule has 0 N–H and O–H groups in total. The van der Waals surface area contributed by atoms with Crippen LogP contribution < -0.4 is 0 Å². The van der Waals surface area contributed by atoms with Crippen molar-refractivity contribution in [2.45, 2.75) is 38.8 Å². The van der Waals surface area contributed by atoms with Crippen LogP contribution in [-0.4, -0.2) is 43.9 Å². The fourth-order valence-corrected chi connectivity index (χ4v) is 4.70. The Bertz CT molecular complexity index is 915. The van der Waals surface area contributed by atoms with Crippen molar-refractivity contribution in [2.75, 3.05) is 19.6 Å². The zero-order chi connectivity index (χ0) is 18.4. The highest BCUT2D eigenvalue weighted by atomic mass is 15.3. The van der Waals surface area contributed by atoms with E-state index in [9.17, 15) is 0 Å². The van der Waals surface area contributed by atoms with Crippen molar-refractivity contribution in [3.8, 4) is 22.5 Å². The van der Waals surface area contributed by atoms with Crippen molar-refractivity contribution in [2.24, 2.45) is 5.92 Å². The summed E-state index contributed by atoms with van der Waals surface area (Å²) in [5.74, 6) is 0.756. The lowest BCUT2D eigenvalue weighted by molar-refractivity contribution is 0.0577. The molecule has 0 saturated carbocycles. The molecule has 3 aliphatic rings. The molecule has 27 heavy (non-hydrogen) atoms. The number of imidazole rings is 1. The number of rotatable bonds is 4. The Labute approximate surface area is 160 Å². The number of piperidine rings is 3. The molecule has 6 rings (SSSR count). The van der Waals surface area contributed by atoms with Gasteiger partial charge in [-0.2, -0.15) is 5.10 Å². The monoisotopic (exact) mass is 361 g/mol. The Morgan fingerprint density at radius 1 is 1.04 bits per heavy atom. The van der Waals surface area contributed by atoms with Gasteiger partial charge in [0, 0.05) is 29.9 Å². The third kappa shape index (κ3) is 2.90. The zero-order valence-corrected chi connectivity index (χ0v) is 16.1. The number of nitrogens with zero attached hydrogens (tertiary/aromatic N) is 5. The molecule has 0 aliphatic carbocycles. The van der Waals surface area contributed by atoms with Crippen LogP contribution in [0.15, 0.2) is 49.1 Å². The molecular formula is C22H27N5. The lowest BCUT2D eigenvalue weighted by Crippen LogP contribution is -2.48. The van der Waals surface area contributed by atoms with E-state index in [1.54, 1.807) is 0 Å². The molecular weight excluding hydrogens is 334 g/mol. The molecule has 5 heterocycles. The first-order valence-electron chi connectivity index (χ1n) is 10.1. The summed E-state index contributed by atoms with van der Waals surface area (Å²) >= 11 is 0. The van der Waals surface area contributed by atoms with Crippen molar-refractivity contribution in [3.63, 3.8) is 0 Å². The van der Waals surface area contributed by atoms with Crippen LogP contribution in [0.4, 0.5) is 0 Å². The fourth-order valence-electron chi connectivity index (χ4n) is 4.70. The molecule has 0 unspecified atom stereocenters. The quantitative estimate of drug-likeness (QED) is 0.697. The van der Waals surface area contributed by atoms with E-state index in [4.69, 9.17) is 4.98 Å². The lowest BCUT2D eigenvalue weighted by Gasteiger charge is -2.45. The van der Waals surface area contributed by atoms with Crippen LogP contribution in [0.25, 0.3) is 22.5 Å². The summed E-state index contributed by atoms with van der Waals surface area (Å²) < 4.78 is 4.48. The summed E-state index contributed by atoms with van der Waals surface area (Å²) in [5, 5.41) is 4.61. The summed E-state index contributed by atoms with van der Waals surface area (Å²) in [6, 6.07) is 11.4. The molecule has 3 aliphatic heterocycles. The van der Waals surface area contributed by atoms with Gasteiger partial charge in [-0.25, -0.2) is 4.98 Å². The van der Waals surface area contributed by atoms with Gasteiger partial charge in [-0.15, -0.1) is 0 Å². The summed E-state index contributed by atoms with van der Waals surface area (Å²) in [6.07, 6.45) is 8.84. The topological polar surface area (TPSA) is 38.9 Å². The van der Waals surface area contributed by atoms with Gasteiger partial charge in [-0.05, 0) is 45.7 Å². The molecule has 5 nitrogen and oxygen atoms in total. The number of hydrogen-bond donors (Lipinski definition) is 0. The van der Waals surface area contributed by atoms with Crippen molar-refractivity contribution < 1.29 is 0 Å². The Hall–Kier alpha value is -2.40. The maximum Gasteiger partial charge on any atom is 0.0964 e. The molecule has 0 amide bonds. The fraction of sp³-hybridized carbons (Fsp3) is 0.455. The van der Waals surface area contributed by atoms with Gasteiger partial charge in [0.25, 0.3) is 0 Å². The number of hydrogen-bond acceptors (Lipinski definition) is 3. The largest absolute Gasteiger partial charge is 0.325 e. The first-order chi connectivity index (χ1) is 13.2. The van der Waals surface area contributed by atoms with Gasteiger partial charge < -0.3 is 9.47 Å². The van der Waals surface area contributed by atoms with E-state index in [2.05, 4.69) is 71.3 Å². The van der Waals surface area contributed by atoms with E-state index in [-0.39, 0.29) is 0 Å². The molecule has 3 aromatic rings. The predicted octanol–water partition coefficient (Wildman–Crippen LogP) is 4.26. The van der Waals surface area contributed by atoms with Gasteiger partial charge in [-0.3, -0.25) is 4.68 Å². The van der Waals surface area contributed by atoms with E-state index >= 15 is 0 Å². The van der Waals surface area contributed by atoms with E-state index in [0.717, 1.165) is 23.7 Å². The van der Waals surface area contributed by atoms with Crippen LogP contribution in [0.3, 0.4) is 0 Å². The highest BCUT2D eigenvalue weighted by Crippen LogP contribution is 2.40. The maximum atomic E-state index is 4.88. The van der Waals surface area contributed by atoms with Gasteiger partial charge in [-0.1, -0.05) is 30.3 Å². The van der Waals surface area contributed by atoms with Crippen LogP contribution in [0.5, 0.6) is 0 Å².